The predicted molar refractivity (Wildman–Crippen MR) is 129 cm³/mol. The first-order valence-electron chi connectivity index (χ1n) is 10.1. The molecule has 3 amide bonds. The summed E-state index contributed by atoms with van der Waals surface area (Å²) >= 11 is 7.50. The first-order chi connectivity index (χ1) is 16.3. The molecule has 3 heterocycles. The van der Waals surface area contributed by atoms with Crippen LogP contribution < -0.4 is 30.9 Å². The fourth-order valence-electron chi connectivity index (χ4n) is 3.18. The van der Waals surface area contributed by atoms with Crippen LogP contribution >= 0.6 is 22.9 Å². The summed E-state index contributed by atoms with van der Waals surface area (Å²) in [6, 6.07) is 7.11. The van der Waals surface area contributed by atoms with Crippen LogP contribution in [0.15, 0.2) is 35.8 Å². The van der Waals surface area contributed by atoms with Crippen LogP contribution in [0.2, 0.25) is 5.02 Å². The molecule has 0 fully saturated rings. The van der Waals surface area contributed by atoms with E-state index in [4.69, 9.17) is 16.3 Å². The number of amides is 3. The van der Waals surface area contributed by atoms with Crippen molar-refractivity contribution in [3.63, 3.8) is 0 Å². The Morgan fingerprint density at radius 3 is 2.85 bits per heavy atom. The molecule has 0 atom stereocenters. The molecule has 2 aromatic heterocycles. The molecule has 0 aliphatic carbocycles. The minimum absolute atomic E-state index is 0.0571. The monoisotopic (exact) mass is 501 g/mol. The highest BCUT2D eigenvalue weighted by Crippen LogP contribution is 2.35. The third kappa shape index (κ3) is 5.18. The molecule has 0 radical (unpaired) electrons. The molecule has 11 nitrogen and oxygen atoms in total. The number of ether oxygens (including phenoxy) is 1. The molecule has 1 aliphatic rings. The van der Waals surface area contributed by atoms with E-state index in [1.165, 1.54) is 36.4 Å². The Labute approximate surface area is 203 Å². The lowest BCUT2D eigenvalue weighted by Crippen LogP contribution is -2.36. The molecule has 34 heavy (non-hydrogen) atoms. The highest BCUT2D eigenvalue weighted by molar-refractivity contribution is 7.12. The number of fused-ring (bicyclic) bond motifs is 1. The van der Waals surface area contributed by atoms with Crippen molar-refractivity contribution in [1.29, 1.82) is 0 Å². The summed E-state index contributed by atoms with van der Waals surface area (Å²) in [5, 5.41) is 13.7. The Morgan fingerprint density at radius 1 is 1.26 bits per heavy atom. The molecule has 1 aliphatic heterocycles. The third-order valence-electron chi connectivity index (χ3n) is 4.81. The van der Waals surface area contributed by atoms with Crippen LogP contribution in [0.1, 0.15) is 12.5 Å². The van der Waals surface area contributed by atoms with E-state index in [9.17, 15) is 14.4 Å². The maximum atomic E-state index is 12.1. The zero-order valence-corrected chi connectivity index (χ0v) is 19.7. The number of aromatic nitrogens is 2. The molecular formula is C21H20ClN7O4S. The van der Waals surface area contributed by atoms with Crippen molar-refractivity contribution in [3.05, 3.63) is 46.4 Å². The highest BCUT2D eigenvalue weighted by atomic mass is 35.5. The molecule has 0 bridgehead atoms. The molecule has 176 valence electrons. The van der Waals surface area contributed by atoms with Gasteiger partial charge in [-0.2, -0.15) is 4.98 Å². The number of nitrogens with zero attached hydrogens (tertiary/aromatic N) is 3. The third-order valence-corrected chi connectivity index (χ3v) is 5.87. The molecule has 0 saturated carbocycles. The van der Waals surface area contributed by atoms with Crippen LogP contribution in [0.5, 0.6) is 5.06 Å². The Bertz CT molecular complexity index is 1270. The van der Waals surface area contributed by atoms with Crippen molar-refractivity contribution >= 4 is 69.7 Å². The van der Waals surface area contributed by atoms with Gasteiger partial charge in [-0.25, -0.2) is 9.78 Å². The number of benzene rings is 1. The van der Waals surface area contributed by atoms with Crippen molar-refractivity contribution in [2.24, 2.45) is 0 Å². The summed E-state index contributed by atoms with van der Waals surface area (Å²) in [7, 11) is 1.47. The standard InChI is InChI=1S/C21H20ClN7O4S/c1-11(30)29-10-17(31)24-8-12-3-4-13(7-16(12)29)26-20-25-9-14(22)18(28-20)27-15-5-6-34-19(15)33-21(32)23-2/h3-7,9H,8,10H2,1-2H3,(H,23,32)(H,24,31)(H2,25,26,27,28). The molecule has 4 rings (SSSR count). The SMILES string of the molecule is CNC(=O)Oc1sccc1Nc1nc(Nc2ccc3c(c2)N(C(C)=O)CC(=O)NC3)ncc1Cl. The van der Waals surface area contributed by atoms with Crippen molar-refractivity contribution in [1.82, 2.24) is 20.6 Å². The summed E-state index contributed by atoms with van der Waals surface area (Å²) in [5.74, 6) is 0.0726. The lowest BCUT2D eigenvalue weighted by molar-refractivity contribution is -0.122. The second-order valence-corrected chi connectivity index (χ2v) is 8.41. The van der Waals surface area contributed by atoms with E-state index in [0.29, 0.717) is 34.5 Å². The Kier molecular flexibility index (Phi) is 6.80. The smallest absolute Gasteiger partial charge is 0.397 e. The number of anilines is 5. The lowest BCUT2D eigenvalue weighted by atomic mass is 10.1. The van der Waals surface area contributed by atoms with Crippen molar-refractivity contribution in [2.45, 2.75) is 13.5 Å². The molecule has 1 aromatic carbocycles. The topological polar surface area (TPSA) is 138 Å². The van der Waals surface area contributed by atoms with Gasteiger partial charge in [0, 0.05) is 26.2 Å². The number of carbonyl (C=O) groups is 3. The van der Waals surface area contributed by atoms with Gasteiger partial charge in [-0.15, -0.1) is 11.3 Å². The summed E-state index contributed by atoms with van der Waals surface area (Å²) < 4.78 is 5.22. The van der Waals surface area contributed by atoms with Crippen molar-refractivity contribution in [2.75, 3.05) is 29.1 Å². The van der Waals surface area contributed by atoms with Crippen molar-refractivity contribution < 1.29 is 19.1 Å². The minimum atomic E-state index is -0.596. The molecular weight excluding hydrogens is 482 g/mol. The van der Waals surface area contributed by atoms with Crippen LogP contribution in [0, 0.1) is 0 Å². The average Bonchev–Trinajstić information content (AvgIpc) is 3.16. The number of hydrogen-bond donors (Lipinski definition) is 4. The Balaban J connectivity index is 1.57. The number of rotatable bonds is 5. The van der Waals surface area contributed by atoms with Crippen LogP contribution in [0.25, 0.3) is 0 Å². The van der Waals surface area contributed by atoms with Crippen LogP contribution in [0.4, 0.5) is 33.6 Å². The Morgan fingerprint density at radius 2 is 2.09 bits per heavy atom. The molecule has 4 N–H and O–H groups in total. The van der Waals surface area contributed by atoms with Crippen molar-refractivity contribution in [3.8, 4) is 5.06 Å². The zero-order chi connectivity index (χ0) is 24.2. The minimum Gasteiger partial charge on any atom is -0.397 e. The van der Waals surface area contributed by atoms with Crippen LogP contribution in [0.3, 0.4) is 0 Å². The normalized spacial score (nSPS) is 12.8. The number of thiophene rings is 1. The van der Waals surface area contributed by atoms with Gasteiger partial charge in [-0.05, 0) is 29.1 Å². The van der Waals surface area contributed by atoms with E-state index in [2.05, 4.69) is 31.2 Å². The maximum absolute atomic E-state index is 12.1. The van der Waals surface area contributed by atoms with E-state index < -0.39 is 6.09 Å². The largest absolute Gasteiger partial charge is 0.413 e. The predicted octanol–water partition coefficient (Wildman–Crippen LogP) is 3.38. The summed E-state index contributed by atoms with van der Waals surface area (Å²) in [5.41, 5.74) is 2.57. The van der Waals surface area contributed by atoms with Gasteiger partial charge >= 0.3 is 6.09 Å². The first kappa shape index (κ1) is 23.3. The summed E-state index contributed by atoms with van der Waals surface area (Å²) in [6.45, 7) is 1.68. The Hall–Kier alpha value is -3.90. The van der Waals surface area contributed by atoms with Gasteiger partial charge in [0.1, 0.15) is 11.6 Å². The van der Waals surface area contributed by atoms with Crippen LogP contribution in [-0.2, 0) is 16.1 Å². The number of nitrogens with one attached hydrogen (secondary N) is 4. The van der Waals surface area contributed by atoms with Gasteiger partial charge in [-0.3, -0.25) is 9.59 Å². The number of carbonyl (C=O) groups excluding carboxylic acids is 3. The summed E-state index contributed by atoms with van der Waals surface area (Å²) in [6.07, 6.45) is 0.833. The molecule has 0 unspecified atom stereocenters. The summed E-state index contributed by atoms with van der Waals surface area (Å²) in [4.78, 5) is 45.7. The van der Waals surface area contributed by atoms with Gasteiger partial charge in [0.15, 0.2) is 5.82 Å². The molecule has 3 aromatic rings. The molecule has 13 heteroatoms. The average molecular weight is 502 g/mol. The van der Waals surface area contributed by atoms with E-state index in [1.807, 2.05) is 6.07 Å². The molecule has 0 spiro atoms. The van der Waals surface area contributed by atoms with E-state index in [1.54, 1.807) is 23.6 Å². The van der Waals surface area contributed by atoms with Gasteiger partial charge in [-0.1, -0.05) is 17.7 Å². The fourth-order valence-corrected chi connectivity index (χ4v) is 4.01. The zero-order valence-electron chi connectivity index (χ0n) is 18.1. The van der Waals surface area contributed by atoms with Gasteiger partial charge in [0.2, 0.25) is 22.8 Å². The first-order valence-corrected chi connectivity index (χ1v) is 11.3. The fraction of sp³-hybridized carbons (Fsp3) is 0.190. The second-order valence-electron chi connectivity index (χ2n) is 7.13. The van der Waals surface area contributed by atoms with Gasteiger partial charge in [0.05, 0.1) is 17.6 Å². The lowest BCUT2D eigenvalue weighted by Gasteiger charge is -2.21. The molecule has 0 saturated heterocycles. The van der Waals surface area contributed by atoms with E-state index in [0.717, 1.165) is 5.56 Å². The number of hydrogen-bond acceptors (Lipinski definition) is 9. The maximum Gasteiger partial charge on any atom is 0.413 e. The van der Waals surface area contributed by atoms with Gasteiger partial charge in [0.25, 0.3) is 0 Å². The van der Waals surface area contributed by atoms with E-state index >= 15 is 0 Å². The number of halogens is 1. The second kappa shape index (κ2) is 9.93. The van der Waals surface area contributed by atoms with E-state index in [-0.39, 0.29) is 29.3 Å². The van der Waals surface area contributed by atoms with Crippen LogP contribution in [-0.4, -0.2) is 41.5 Å². The highest BCUT2D eigenvalue weighted by Gasteiger charge is 2.23. The quantitative estimate of drug-likeness (QED) is 0.417. The van der Waals surface area contributed by atoms with Gasteiger partial charge < -0.3 is 30.9 Å².